The van der Waals surface area contributed by atoms with E-state index in [1.807, 2.05) is 30.3 Å². The number of hydrogen-bond acceptors (Lipinski definition) is 5. The number of carbonyl (C=O) groups excluding carboxylic acids is 2. The van der Waals surface area contributed by atoms with Crippen molar-refractivity contribution in [2.24, 2.45) is 0 Å². The Kier molecular flexibility index (Phi) is 6.59. The minimum atomic E-state index is -0.650. The van der Waals surface area contributed by atoms with Gasteiger partial charge in [0.2, 0.25) is 0 Å². The normalized spacial score (nSPS) is 10.2. The molecule has 3 rings (SSSR count). The summed E-state index contributed by atoms with van der Waals surface area (Å²) in [6, 6.07) is 19.5. The molecule has 2 aromatic carbocycles. The zero-order valence-electron chi connectivity index (χ0n) is 14.8. The summed E-state index contributed by atoms with van der Waals surface area (Å²) in [7, 11) is 0. The van der Waals surface area contributed by atoms with Crippen LogP contribution in [-0.4, -0.2) is 23.5 Å². The molecule has 0 aliphatic heterocycles. The minimum Gasteiger partial charge on any atom is -0.488 e. The summed E-state index contributed by atoms with van der Waals surface area (Å²) in [6.45, 7) is -0.135. The van der Waals surface area contributed by atoms with Crippen molar-refractivity contribution < 1.29 is 19.1 Å². The Bertz CT molecular complexity index is 946. The fourth-order valence-electron chi connectivity index (χ4n) is 2.33. The molecule has 0 saturated carbocycles. The standard InChI is InChI=1S/C21H17ClN2O4/c22-16-10-11-19(23-12-16)24-20(25)14-28-21(26)17-8-4-5-9-18(17)27-13-15-6-2-1-3-7-15/h1-12H,13-14H2,(H,23,24,25). The Hall–Kier alpha value is -3.38. The van der Waals surface area contributed by atoms with Crippen LogP contribution in [0.25, 0.3) is 0 Å². The van der Waals surface area contributed by atoms with Crippen molar-refractivity contribution in [2.75, 3.05) is 11.9 Å². The molecule has 0 atom stereocenters. The average Bonchev–Trinajstić information content (AvgIpc) is 2.73. The van der Waals surface area contributed by atoms with Gasteiger partial charge in [0, 0.05) is 6.20 Å². The number of rotatable bonds is 7. The maximum absolute atomic E-state index is 12.4. The summed E-state index contributed by atoms with van der Waals surface area (Å²) >= 11 is 5.74. The Labute approximate surface area is 167 Å². The summed E-state index contributed by atoms with van der Waals surface area (Å²) in [4.78, 5) is 28.2. The molecule has 1 N–H and O–H groups in total. The molecular weight excluding hydrogens is 380 g/mol. The molecule has 0 saturated heterocycles. The van der Waals surface area contributed by atoms with Gasteiger partial charge in [0.15, 0.2) is 6.61 Å². The smallest absolute Gasteiger partial charge is 0.342 e. The Balaban J connectivity index is 1.56. The molecule has 0 unspecified atom stereocenters. The summed E-state index contributed by atoms with van der Waals surface area (Å²) in [5, 5.41) is 2.98. The maximum atomic E-state index is 12.4. The van der Waals surface area contributed by atoms with E-state index in [4.69, 9.17) is 21.1 Å². The monoisotopic (exact) mass is 396 g/mol. The van der Waals surface area contributed by atoms with Gasteiger partial charge in [-0.05, 0) is 29.8 Å². The van der Waals surface area contributed by atoms with Gasteiger partial charge >= 0.3 is 5.97 Å². The van der Waals surface area contributed by atoms with Crippen LogP contribution in [0.1, 0.15) is 15.9 Å². The van der Waals surface area contributed by atoms with E-state index in [0.29, 0.717) is 23.2 Å². The first kappa shape index (κ1) is 19.4. The van der Waals surface area contributed by atoms with Crippen LogP contribution in [0.4, 0.5) is 5.82 Å². The molecule has 7 heteroatoms. The third kappa shape index (κ3) is 5.56. The highest BCUT2D eigenvalue weighted by atomic mass is 35.5. The highest BCUT2D eigenvalue weighted by Crippen LogP contribution is 2.20. The van der Waals surface area contributed by atoms with E-state index in [1.165, 1.54) is 6.20 Å². The second-order valence-electron chi connectivity index (χ2n) is 5.76. The van der Waals surface area contributed by atoms with Crippen molar-refractivity contribution in [2.45, 2.75) is 6.61 Å². The predicted molar refractivity (Wildman–Crippen MR) is 105 cm³/mol. The van der Waals surface area contributed by atoms with E-state index in [1.54, 1.807) is 36.4 Å². The minimum absolute atomic E-state index is 0.246. The maximum Gasteiger partial charge on any atom is 0.342 e. The van der Waals surface area contributed by atoms with Gasteiger partial charge < -0.3 is 14.8 Å². The van der Waals surface area contributed by atoms with Crippen LogP contribution in [0.15, 0.2) is 72.9 Å². The summed E-state index contributed by atoms with van der Waals surface area (Å²) in [6.07, 6.45) is 1.41. The van der Waals surface area contributed by atoms with Crippen LogP contribution < -0.4 is 10.1 Å². The lowest BCUT2D eigenvalue weighted by molar-refractivity contribution is -0.119. The molecule has 0 spiro atoms. The van der Waals surface area contributed by atoms with E-state index in [-0.39, 0.29) is 5.56 Å². The molecule has 1 heterocycles. The number of anilines is 1. The number of carbonyl (C=O) groups is 2. The number of amides is 1. The van der Waals surface area contributed by atoms with Gasteiger partial charge in [-0.2, -0.15) is 0 Å². The average molecular weight is 397 g/mol. The lowest BCUT2D eigenvalue weighted by Crippen LogP contribution is -2.21. The third-order valence-electron chi connectivity index (χ3n) is 3.67. The number of ether oxygens (including phenoxy) is 2. The number of pyridine rings is 1. The van der Waals surface area contributed by atoms with Gasteiger partial charge in [-0.3, -0.25) is 4.79 Å². The first-order valence-corrected chi connectivity index (χ1v) is 8.84. The molecule has 6 nitrogen and oxygen atoms in total. The third-order valence-corrected chi connectivity index (χ3v) is 3.90. The molecule has 0 fully saturated rings. The van der Waals surface area contributed by atoms with Crippen molar-refractivity contribution >= 4 is 29.3 Å². The number of aromatic nitrogens is 1. The fraction of sp³-hybridized carbons (Fsp3) is 0.0952. The van der Waals surface area contributed by atoms with E-state index < -0.39 is 18.5 Å². The van der Waals surface area contributed by atoms with Crippen molar-refractivity contribution in [3.8, 4) is 5.75 Å². The highest BCUT2D eigenvalue weighted by molar-refractivity contribution is 6.30. The van der Waals surface area contributed by atoms with Gasteiger partial charge in [0.05, 0.1) is 5.02 Å². The summed E-state index contributed by atoms with van der Waals surface area (Å²) in [5.41, 5.74) is 1.22. The summed E-state index contributed by atoms with van der Waals surface area (Å²) < 4.78 is 10.8. The number of nitrogens with one attached hydrogen (secondary N) is 1. The van der Waals surface area contributed by atoms with Crippen LogP contribution in [0, 0.1) is 0 Å². The van der Waals surface area contributed by atoms with Crippen LogP contribution in [0.5, 0.6) is 5.75 Å². The molecule has 0 bridgehead atoms. The zero-order chi connectivity index (χ0) is 19.8. The van der Waals surface area contributed by atoms with Gasteiger partial charge in [0.1, 0.15) is 23.7 Å². The number of para-hydroxylation sites is 1. The van der Waals surface area contributed by atoms with Gasteiger partial charge in [-0.15, -0.1) is 0 Å². The molecule has 1 amide bonds. The van der Waals surface area contributed by atoms with Crippen LogP contribution >= 0.6 is 11.6 Å². The molecular formula is C21H17ClN2O4. The highest BCUT2D eigenvalue weighted by Gasteiger charge is 2.15. The first-order chi connectivity index (χ1) is 13.6. The second kappa shape index (κ2) is 9.53. The van der Waals surface area contributed by atoms with Crippen molar-refractivity contribution in [3.63, 3.8) is 0 Å². The predicted octanol–water partition coefficient (Wildman–Crippen LogP) is 4.11. The first-order valence-electron chi connectivity index (χ1n) is 8.46. The van der Waals surface area contributed by atoms with Crippen LogP contribution in [-0.2, 0) is 16.1 Å². The molecule has 0 aliphatic rings. The van der Waals surface area contributed by atoms with Crippen molar-refractivity contribution in [1.82, 2.24) is 4.98 Å². The second-order valence-corrected chi connectivity index (χ2v) is 6.19. The van der Waals surface area contributed by atoms with E-state index >= 15 is 0 Å². The Morgan fingerprint density at radius 1 is 0.964 bits per heavy atom. The lowest BCUT2D eigenvalue weighted by Gasteiger charge is -2.11. The van der Waals surface area contributed by atoms with Crippen LogP contribution in [0.3, 0.4) is 0 Å². The number of hydrogen-bond donors (Lipinski definition) is 1. The number of halogens is 1. The molecule has 3 aromatic rings. The number of benzene rings is 2. The zero-order valence-corrected chi connectivity index (χ0v) is 15.6. The van der Waals surface area contributed by atoms with Crippen molar-refractivity contribution in [3.05, 3.63) is 89.1 Å². The molecule has 0 aliphatic carbocycles. The number of nitrogens with zero attached hydrogens (tertiary/aromatic N) is 1. The van der Waals surface area contributed by atoms with Crippen molar-refractivity contribution in [1.29, 1.82) is 0 Å². The molecule has 142 valence electrons. The Morgan fingerprint density at radius 2 is 1.71 bits per heavy atom. The Morgan fingerprint density at radius 3 is 2.46 bits per heavy atom. The summed E-state index contributed by atoms with van der Waals surface area (Å²) in [5.74, 6) is -0.457. The molecule has 28 heavy (non-hydrogen) atoms. The van der Waals surface area contributed by atoms with Crippen LogP contribution in [0.2, 0.25) is 5.02 Å². The van der Waals surface area contributed by atoms with E-state index in [9.17, 15) is 9.59 Å². The van der Waals surface area contributed by atoms with E-state index in [0.717, 1.165) is 5.56 Å². The topological polar surface area (TPSA) is 77.5 Å². The number of esters is 1. The largest absolute Gasteiger partial charge is 0.488 e. The SMILES string of the molecule is O=C(COC(=O)c1ccccc1OCc1ccccc1)Nc1ccc(Cl)cn1. The van der Waals surface area contributed by atoms with Gasteiger partial charge in [-0.25, -0.2) is 9.78 Å². The fourth-order valence-corrected chi connectivity index (χ4v) is 2.45. The lowest BCUT2D eigenvalue weighted by atomic mass is 10.2. The van der Waals surface area contributed by atoms with Gasteiger partial charge in [-0.1, -0.05) is 54.1 Å². The quantitative estimate of drug-likeness (QED) is 0.608. The molecule has 1 aromatic heterocycles. The van der Waals surface area contributed by atoms with Gasteiger partial charge in [0.25, 0.3) is 5.91 Å². The molecule has 0 radical (unpaired) electrons. The van der Waals surface area contributed by atoms with E-state index in [2.05, 4.69) is 10.3 Å².